The van der Waals surface area contributed by atoms with Crippen LogP contribution in [-0.2, 0) is 0 Å². The van der Waals surface area contributed by atoms with Gasteiger partial charge in [-0.25, -0.2) is 0 Å². The second-order valence-corrected chi connectivity index (χ2v) is 6.05. The van der Waals surface area contributed by atoms with E-state index in [2.05, 4.69) is 27.6 Å². The molecule has 0 atom stereocenters. The van der Waals surface area contributed by atoms with E-state index in [-0.39, 0.29) is 0 Å². The minimum absolute atomic E-state index is 0.421. The Kier molecular flexibility index (Phi) is 4.42. The quantitative estimate of drug-likeness (QED) is 0.411. The summed E-state index contributed by atoms with van der Waals surface area (Å²) in [6.07, 6.45) is 1.57. The maximum atomic E-state index is 6.13. The summed E-state index contributed by atoms with van der Waals surface area (Å²) < 4.78 is 0.899. The van der Waals surface area contributed by atoms with Gasteiger partial charge in [-0.05, 0) is 40.8 Å². The van der Waals surface area contributed by atoms with E-state index >= 15 is 0 Å². The molecule has 0 N–H and O–H groups in total. The first-order valence-corrected chi connectivity index (χ1v) is 7.04. The lowest BCUT2D eigenvalue weighted by molar-refractivity contribution is 1.31. The number of hydrogen-bond donors (Lipinski definition) is 0. The summed E-state index contributed by atoms with van der Waals surface area (Å²) in [4.78, 5) is 4.25. The lowest BCUT2D eigenvalue weighted by Crippen LogP contribution is -1.89. The zero-order chi connectivity index (χ0) is 12.6. The Balaban J connectivity index is 2.64. The molecule has 0 aliphatic carbocycles. The molecular formula is C11H4Cl4IN. The van der Waals surface area contributed by atoms with E-state index in [1.54, 1.807) is 18.3 Å². The van der Waals surface area contributed by atoms with Crippen LogP contribution in [0.2, 0.25) is 20.1 Å². The Bertz CT molecular complexity index is 586. The minimum Gasteiger partial charge on any atom is -0.254 e. The molecule has 0 fully saturated rings. The van der Waals surface area contributed by atoms with Gasteiger partial charge in [-0.2, -0.15) is 0 Å². The Morgan fingerprint density at radius 3 is 2.18 bits per heavy atom. The highest BCUT2D eigenvalue weighted by Crippen LogP contribution is 2.36. The van der Waals surface area contributed by atoms with Crippen molar-refractivity contribution in [3.05, 3.63) is 48.1 Å². The van der Waals surface area contributed by atoms with Gasteiger partial charge in [-0.15, -0.1) is 0 Å². The predicted molar refractivity (Wildman–Crippen MR) is 82.4 cm³/mol. The van der Waals surface area contributed by atoms with Gasteiger partial charge in [0.15, 0.2) is 0 Å². The lowest BCUT2D eigenvalue weighted by Gasteiger charge is -2.08. The summed E-state index contributed by atoms with van der Waals surface area (Å²) in [6, 6.07) is 5.11. The van der Waals surface area contributed by atoms with Crippen LogP contribution in [0.3, 0.4) is 0 Å². The monoisotopic (exact) mass is 417 g/mol. The van der Waals surface area contributed by atoms with Crippen LogP contribution in [0, 0.1) is 3.57 Å². The van der Waals surface area contributed by atoms with E-state index in [1.807, 2.05) is 6.07 Å². The molecule has 1 aromatic carbocycles. The largest absolute Gasteiger partial charge is 0.254 e. The van der Waals surface area contributed by atoms with Crippen molar-refractivity contribution in [2.75, 3.05) is 0 Å². The van der Waals surface area contributed by atoms with E-state index in [0.29, 0.717) is 20.1 Å². The number of pyridine rings is 1. The van der Waals surface area contributed by atoms with E-state index in [0.717, 1.165) is 14.8 Å². The molecule has 0 saturated heterocycles. The summed E-state index contributed by atoms with van der Waals surface area (Å²) >= 11 is 26.0. The van der Waals surface area contributed by atoms with Crippen molar-refractivity contribution in [2.45, 2.75) is 0 Å². The Hall–Kier alpha value is 0.260. The molecule has 2 aromatic rings. The van der Waals surface area contributed by atoms with Crippen LogP contribution in [-0.4, -0.2) is 4.98 Å². The van der Waals surface area contributed by atoms with Crippen molar-refractivity contribution >= 4 is 69.0 Å². The van der Waals surface area contributed by atoms with Crippen LogP contribution >= 0.6 is 69.0 Å². The molecule has 1 nitrogen and oxygen atoms in total. The molecule has 0 radical (unpaired) electrons. The molecule has 0 aliphatic heterocycles. The van der Waals surface area contributed by atoms with Gasteiger partial charge in [0.1, 0.15) is 0 Å². The molecular weight excluding hydrogens is 415 g/mol. The van der Waals surface area contributed by atoms with Crippen LogP contribution in [0.1, 0.15) is 0 Å². The van der Waals surface area contributed by atoms with Gasteiger partial charge in [0, 0.05) is 15.3 Å². The predicted octanol–water partition coefficient (Wildman–Crippen LogP) is 5.97. The summed E-state index contributed by atoms with van der Waals surface area (Å²) in [6.45, 7) is 0. The molecule has 6 heteroatoms. The third-order valence-corrected chi connectivity index (χ3v) is 4.14. The first kappa shape index (κ1) is 13.7. The van der Waals surface area contributed by atoms with Gasteiger partial charge >= 0.3 is 0 Å². The molecule has 17 heavy (non-hydrogen) atoms. The highest BCUT2D eigenvalue weighted by Gasteiger charge is 2.12. The molecule has 0 amide bonds. The zero-order valence-corrected chi connectivity index (χ0v) is 13.3. The standard InChI is InChI=1S/C11H4Cl4IN/c12-5-1-10(16)11(17-4-5)6-2-8(14)9(15)3-7(6)13/h1-4H. The Labute approximate surface area is 132 Å². The van der Waals surface area contributed by atoms with Gasteiger partial charge < -0.3 is 0 Å². The molecule has 0 saturated carbocycles. The van der Waals surface area contributed by atoms with Crippen LogP contribution < -0.4 is 0 Å². The number of benzene rings is 1. The molecule has 0 bridgehead atoms. The number of aromatic nitrogens is 1. The summed E-state index contributed by atoms with van der Waals surface area (Å²) in [5, 5.41) is 1.95. The average molecular weight is 419 g/mol. The highest BCUT2D eigenvalue weighted by atomic mass is 127. The Morgan fingerprint density at radius 2 is 1.53 bits per heavy atom. The van der Waals surface area contributed by atoms with Crippen LogP contribution in [0.5, 0.6) is 0 Å². The van der Waals surface area contributed by atoms with Gasteiger partial charge in [-0.1, -0.05) is 46.4 Å². The highest BCUT2D eigenvalue weighted by molar-refractivity contribution is 14.1. The zero-order valence-electron chi connectivity index (χ0n) is 8.15. The van der Waals surface area contributed by atoms with Crippen molar-refractivity contribution in [1.29, 1.82) is 0 Å². The number of nitrogens with zero attached hydrogens (tertiary/aromatic N) is 1. The first-order chi connectivity index (χ1) is 7.99. The summed E-state index contributed by atoms with van der Waals surface area (Å²) in [5.74, 6) is 0. The van der Waals surface area contributed by atoms with E-state index in [9.17, 15) is 0 Å². The lowest BCUT2D eigenvalue weighted by atomic mass is 10.1. The Morgan fingerprint density at radius 1 is 0.882 bits per heavy atom. The fourth-order valence-corrected chi connectivity index (χ4v) is 3.06. The van der Waals surface area contributed by atoms with Crippen LogP contribution in [0.4, 0.5) is 0 Å². The van der Waals surface area contributed by atoms with Crippen LogP contribution in [0.25, 0.3) is 11.3 Å². The second kappa shape index (κ2) is 5.49. The van der Waals surface area contributed by atoms with Gasteiger partial charge in [0.25, 0.3) is 0 Å². The topological polar surface area (TPSA) is 12.9 Å². The van der Waals surface area contributed by atoms with E-state index in [1.165, 1.54) is 0 Å². The smallest absolute Gasteiger partial charge is 0.0851 e. The molecule has 2 rings (SSSR count). The molecule has 1 aromatic heterocycles. The second-order valence-electron chi connectivity index (χ2n) is 3.23. The van der Waals surface area contributed by atoms with Gasteiger partial charge in [0.05, 0.1) is 25.8 Å². The third-order valence-electron chi connectivity index (χ3n) is 2.07. The fourth-order valence-electron chi connectivity index (χ4n) is 1.32. The van der Waals surface area contributed by atoms with E-state index in [4.69, 9.17) is 46.4 Å². The average Bonchev–Trinajstić information content (AvgIpc) is 2.24. The van der Waals surface area contributed by atoms with Crippen molar-refractivity contribution in [1.82, 2.24) is 4.98 Å². The summed E-state index contributed by atoms with van der Waals surface area (Å²) in [7, 11) is 0. The van der Waals surface area contributed by atoms with Crippen molar-refractivity contribution in [3.8, 4) is 11.3 Å². The van der Waals surface area contributed by atoms with Gasteiger partial charge in [-0.3, -0.25) is 4.98 Å². The van der Waals surface area contributed by atoms with E-state index < -0.39 is 0 Å². The maximum Gasteiger partial charge on any atom is 0.0851 e. The molecule has 0 spiro atoms. The third kappa shape index (κ3) is 2.99. The maximum absolute atomic E-state index is 6.13. The molecule has 0 aliphatic rings. The fraction of sp³-hybridized carbons (Fsp3) is 0. The number of rotatable bonds is 1. The SMILES string of the molecule is Clc1cnc(-c2cc(Cl)c(Cl)cc2Cl)c(I)c1. The van der Waals surface area contributed by atoms with Gasteiger partial charge in [0.2, 0.25) is 0 Å². The first-order valence-electron chi connectivity index (χ1n) is 4.45. The molecule has 0 unspecified atom stereocenters. The number of hydrogen-bond acceptors (Lipinski definition) is 1. The van der Waals surface area contributed by atoms with Crippen LogP contribution in [0.15, 0.2) is 24.4 Å². The van der Waals surface area contributed by atoms with Crippen molar-refractivity contribution in [2.24, 2.45) is 0 Å². The normalized spacial score (nSPS) is 10.6. The molecule has 88 valence electrons. The van der Waals surface area contributed by atoms with Crippen molar-refractivity contribution < 1.29 is 0 Å². The number of halogens is 5. The van der Waals surface area contributed by atoms with Crippen molar-refractivity contribution in [3.63, 3.8) is 0 Å². The molecule has 1 heterocycles. The minimum atomic E-state index is 0.421. The summed E-state index contributed by atoms with van der Waals surface area (Å²) in [5.41, 5.74) is 1.47.